The summed E-state index contributed by atoms with van der Waals surface area (Å²) in [5.74, 6) is 0. The molecule has 1 aromatic heterocycles. The minimum atomic E-state index is 0.460. The van der Waals surface area contributed by atoms with Gasteiger partial charge in [0.25, 0.3) is 0 Å². The second-order valence-electron chi connectivity index (χ2n) is 6.51. The molecule has 0 saturated heterocycles. The Balaban J connectivity index is 1.64. The van der Waals surface area contributed by atoms with E-state index in [0.29, 0.717) is 6.04 Å². The average molecular weight is 325 g/mol. The van der Waals surface area contributed by atoms with Crippen molar-refractivity contribution in [3.05, 3.63) is 70.4 Å². The van der Waals surface area contributed by atoms with Crippen molar-refractivity contribution < 1.29 is 0 Å². The van der Waals surface area contributed by atoms with Crippen LogP contribution in [0.5, 0.6) is 0 Å². The number of benzene rings is 2. The van der Waals surface area contributed by atoms with Crippen LogP contribution >= 0.6 is 11.6 Å². The SMILES string of the molecule is CN(Cc1ccc(Cl)cc1)C1CCCc2c1[nH]c1ccccc21. The van der Waals surface area contributed by atoms with E-state index in [0.717, 1.165) is 11.6 Å². The first-order chi connectivity index (χ1) is 11.2. The van der Waals surface area contributed by atoms with Crippen LogP contribution in [-0.2, 0) is 13.0 Å². The van der Waals surface area contributed by atoms with Gasteiger partial charge in [-0.1, -0.05) is 41.9 Å². The Labute approximate surface area is 142 Å². The van der Waals surface area contributed by atoms with Gasteiger partial charge in [-0.25, -0.2) is 0 Å². The highest BCUT2D eigenvalue weighted by atomic mass is 35.5. The highest BCUT2D eigenvalue weighted by Gasteiger charge is 2.27. The first-order valence-electron chi connectivity index (χ1n) is 8.26. The molecule has 0 spiro atoms. The molecule has 0 amide bonds. The fraction of sp³-hybridized carbons (Fsp3) is 0.300. The number of nitrogens with one attached hydrogen (secondary N) is 1. The van der Waals surface area contributed by atoms with Crippen LogP contribution in [0.2, 0.25) is 5.02 Å². The number of hydrogen-bond donors (Lipinski definition) is 1. The summed E-state index contributed by atoms with van der Waals surface area (Å²) < 4.78 is 0. The quantitative estimate of drug-likeness (QED) is 0.689. The van der Waals surface area contributed by atoms with Gasteiger partial charge < -0.3 is 4.98 Å². The van der Waals surface area contributed by atoms with E-state index in [1.807, 2.05) is 12.1 Å². The number of aryl methyl sites for hydroxylation is 1. The first kappa shape index (κ1) is 14.8. The Morgan fingerprint density at radius 2 is 1.91 bits per heavy atom. The van der Waals surface area contributed by atoms with Crippen LogP contribution in [-0.4, -0.2) is 16.9 Å². The Kier molecular flexibility index (Phi) is 3.88. The lowest BCUT2D eigenvalue weighted by Crippen LogP contribution is -2.27. The molecule has 0 aliphatic heterocycles. The van der Waals surface area contributed by atoms with Gasteiger partial charge in [-0.3, -0.25) is 4.90 Å². The van der Waals surface area contributed by atoms with Crippen molar-refractivity contribution in [1.82, 2.24) is 9.88 Å². The second kappa shape index (κ2) is 6.03. The molecule has 2 aromatic carbocycles. The van der Waals surface area contributed by atoms with Gasteiger partial charge in [0.15, 0.2) is 0 Å². The zero-order valence-corrected chi connectivity index (χ0v) is 14.1. The Hall–Kier alpha value is -1.77. The third-order valence-corrected chi connectivity index (χ3v) is 5.21. The van der Waals surface area contributed by atoms with Crippen LogP contribution in [0.25, 0.3) is 10.9 Å². The monoisotopic (exact) mass is 324 g/mol. The molecule has 3 aromatic rings. The highest BCUT2D eigenvalue weighted by molar-refractivity contribution is 6.30. The summed E-state index contributed by atoms with van der Waals surface area (Å²) >= 11 is 5.99. The van der Waals surface area contributed by atoms with Crippen LogP contribution in [0.1, 0.15) is 35.7 Å². The molecule has 4 rings (SSSR count). The Morgan fingerprint density at radius 3 is 2.74 bits per heavy atom. The van der Waals surface area contributed by atoms with E-state index in [1.165, 1.54) is 47.0 Å². The maximum Gasteiger partial charge on any atom is 0.0502 e. The summed E-state index contributed by atoms with van der Waals surface area (Å²) in [6, 6.07) is 17.3. The number of para-hydroxylation sites is 1. The summed E-state index contributed by atoms with van der Waals surface area (Å²) in [7, 11) is 2.22. The van der Waals surface area contributed by atoms with Gasteiger partial charge in [0.1, 0.15) is 0 Å². The lowest BCUT2D eigenvalue weighted by atomic mass is 9.90. The van der Waals surface area contributed by atoms with Crippen LogP contribution in [0.3, 0.4) is 0 Å². The average Bonchev–Trinajstić information content (AvgIpc) is 2.95. The lowest BCUT2D eigenvalue weighted by molar-refractivity contribution is 0.210. The molecule has 1 heterocycles. The molecule has 1 aliphatic carbocycles. The van der Waals surface area contributed by atoms with Gasteiger partial charge >= 0.3 is 0 Å². The minimum Gasteiger partial charge on any atom is -0.357 e. The fourth-order valence-corrected chi connectivity index (χ4v) is 3.95. The smallest absolute Gasteiger partial charge is 0.0502 e. The number of aromatic nitrogens is 1. The molecule has 2 nitrogen and oxygen atoms in total. The molecule has 0 fully saturated rings. The summed E-state index contributed by atoms with van der Waals surface area (Å²) in [5, 5.41) is 2.19. The molecule has 1 unspecified atom stereocenters. The van der Waals surface area contributed by atoms with Crippen LogP contribution < -0.4 is 0 Å². The first-order valence-corrected chi connectivity index (χ1v) is 8.64. The Bertz CT molecular complexity index is 819. The topological polar surface area (TPSA) is 19.0 Å². The van der Waals surface area contributed by atoms with Crippen molar-refractivity contribution in [2.24, 2.45) is 0 Å². The lowest BCUT2D eigenvalue weighted by Gasteiger charge is -2.31. The molecular formula is C20H21ClN2. The van der Waals surface area contributed by atoms with E-state index < -0.39 is 0 Å². The molecule has 1 atom stereocenters. The van der Waals surface area contributed by atoms with Gasteiger partial charge in [-0.05, 0) is 55.6 Å². The molecule has 1 N–H and O–H groups in total. The minimum absolute atomic E-state index is 0.460. The van der Waals surface area contributed by atoms with E-state index in [1.54, 1.807) is 0 Å². The number of rotatable bonds is 3. The molecule has 0 radical (unpaired) electrons. The van der Waals surface area contributed by atoms with Crippen LogP contribution in [0.15, 0.2) is 48.5 Å². The van der Waals surface area contributed by atoms with E-state index in [4.69, 9.17) is 11.6 Å². The largest absolute Gasteiger partial charge is 0.357 e. The third kappa shape index (κ3) is 2.77. The summed E-state index contributed by atoms with van der Waals surface area (Å²) in [4.78, 5) is 6.13. The van der Waals surface area contributed by atoms with E-state index in [9.17, 15) is 0 Å². The predicted octanol–water partition coefficient (Wildman–Crippen LogP) is 5.33. The molecule has 0 bridgehead atoms. The van der Waals surface area contributed by atoms with Gasteiger partial charge in [-0.2, -0.15) is 0 Å². The van der Waals surface area contributed by atoms with Crippen molar-refractivity contribution in [3.63, 3.8) is 0 Å². The summed E-state index contributed by atoms with van der Waals surface area (Å²) in [6.45, 7) is 0.941. The van der Waals surface area contributed by atoms with Crippen molar-refractivity contribution >= 4 is 22.5 Å². The third-order valence-electron chi connectivity index (χ3n) is 4.96. The number of H-pyrrole nitrogens is 1. The highest BCUT2D eigenvalue weighted by Crippen LogP contribution is 2.37. The molecule has 3 heteroatoms. The van der Waals surface area contributed by atoms with E-state index in [2.05, 4.69) is 53.3 Å². The maximum absolute atomic E-state index is 5.99. The fourth-order valence-electron chi connectivity index (χ4n) is 3.82. The molecular weight excluding hydrogens is 304 g/mol. The van der Waals surface area contributed by atoms with Gasteiger partial charge in [-0.15, -0.1) is 0 Å². The maximum atomic E-state index is 5.99. The van der Waals surface area contributed by atoms with E-state index >= 15 is 0 Å². The molecule has 118 valence electrons. The molecule has 1 aliphatic rings. The molecule has 23 heavy (non-hydrogen) atoms. The number of fused-ring (bicyclic) bond motifs is 3. The number of hydrogen-bond acceptors (Lipinski definition) is 1. The number of halogens is 1. The van der Waals surface area contributed by atoms with Gasteiger partial charge in [0, 0.05) is 28.2 Å². The normalized spacial score (nSPS) is 17.6. The summed E-state index contributed by atoms with van der Waals surface area (Å²) in [6.07, 6.45) is 3.65. The number of nitrogens with zero attached hydrogens (tertiary/aromatic N) is 1. The Morgan fingerprint density at radius 1 is 1.13 bits per heavy atom. The molecule has 0 saturated carbocycles. The van der Waals surface area contributed by atoms with Crippen molar-refractivity contribution in [3.8, 4) is 0 Å². The van der Waals surface area contributed by atoms with Crippen molar-refractivity contribution in [2.75, 3.05) is 7.05 Å². The summed E-state index contributed by atoms with van der Waals surface area (Å²) in [5.41, 5.74) is 5.50. The number of aromatic amines is 1. The van der Waals surface area contributed by atoms with Crippen LogP contribution in [0, 0.1) is 0 Å². The standard InChI is InChI=1S/C20H21ClN2/c1-23(13-14-9-11-15(21)12-10-14)19-8-4-6-17-16-5-2-3-7-18(16)22-20(17)19/h2-3,5,7,9-12,19,22H,4,6,8,13H2,1H3. The van der Waals surface area contributed by atoms with Crippen molar-refractivity contribution in [2.45, 2.75) is 31.8 Å². The van der Waals surface area contributed by atoms with Gasteiger partial charge in [0.05, 0.1) is 6.04 Å². The van der Waals surface area contributed by atoms with Crippen LogP contribution in [0.4, 0.5) is 0 Å². The van der Waals surface area contributed by atoms with Gasteiger partial charge in [0.2, 0.25) is 0 Å². The van der Waals surface area contributed by atoms with Crippen molar-refractivity contribution in [1.29, 1.82) is 0 Å². The zero-order valence-electron chi connectivity index (χ0n) is 13.3. The predicted molar refractivity (Wildman–Crippen MR) is 96.9 cm³/mol. The zero-order chi connectivity index (χ0) is 15.8. The van der Waals surface area contributed by atoms with E-state index in [-0.39, 0.29) is 0 Å². The second-order valence-corrected chi connectivity index (χ2v) is 6.95.